The van der Waals surface area contributed by atoms with Gasteiger partial charge in [0.05, 0.1) is 23.1 Å². The summed E-state index contributed by atoms with van der Waals surface area (Å²) in [5, 5.41) is 8.30. The Labute approximate surface area is 150 Å². The van der Waals surface area contributed by atoms with E-state index in [9.17, 15) is 8.42 Å². The third kappa shape index (κ3) is 4.62. The maximum absolute atomic E-state index is 11.2. The Balaban J connectivity index is 2.13. The summed E-state index contributed by atoms with van der Waals surface area (Å²) in [6.07, 6.45) is 0. The van der Waals surface area contributed by atoms with Crippen molar-refractivity contribution in [3.8, 4) is 11.5 Å². The number of ether oxygens (including phenoxy) is 2. The van der Waals surface area contributed by atoms with Crippen LogP contribution >= 0.6 is 15.9 Å². The lowest BCUT2D eigenvalue weighted by atomic mass is 10.2. The van der Waals surface area contributed by atoms with Crippen LogP contribution in [0, 0.1) is 0 Å². The van der Waals surface area contributed by atoms with Crippen molar-refractivity contribution in [1.82, 2.24) is 0 Å². The molecule has 24 heavy (non-hydrogen) atoms. The second kappa shape index (κ2) is 7.87. The van der Waals surface area contributed by atoms with E-state index in [0.717, 1.165) is 15.7 Å². The van der Waals surface area contributed by atoms with E-state index in [1.807, 2.05) is 19.1 Å². The highest BCUT2D eigenvalue weighted by molar-refractivity contribution is 9.10. The van der Waals surface area contributed by atoms with Crippen molar-refractivity contribution < 1.29 is 17.9 Å². The topological polar surface area (TPSA) is 90.6 Å². The fourth-order valence-electron chi connectivity index (χ4n) is 2.13. The Morgan fingerprint density at radius 2 is 1.88 bits per heavy atom. The molecule has 8 heteroatoms. The van der Waals surface area contributed by atoms with Crippen molar-refractivity contribution in [2.45, 2.75) is 18.4 Å². The molecule has 0 saturated carbocycles. The Morgan fingerprint density at radius 3 is 2.42 bits per heavy atom. The monoisotopic (exact) mass is 414 g/mol. The summed E-state index contributed by atoms with van der Waals surface area (Å²) in [5.74, 6) is 1.31. The highest BCUT2D eigenvalue weighted by Gasteiger charge is 2.11. The lowest BCUT2D eigenvalue weighted by Gasteiger charge is -2.14. The smallest absolute Gasteiger partial charge is 0.238 e. The maximum Gasteiger partial charge on any atom is 0.238 e. The summed E-state index contributed by atoms with van der Waals surface area (Å²) in [7, 11) is -2.09. The molecule has 3 N–H and O–H groups in total. The van der Waals surface area contributed by atoms with E-state index >= 15 is 0 Å². The van der Waals surface area contributed by atoms with Crippen molar-refractivity contribution >= 4 is 31.6 Å². The lowest BCUT2D eigenvalue weighted by molar-refractivity contribution is 0.308. The van der Waals surface area contributed by atoms with Gasteiger partial charge in [0.2, 0.25) is 10.0 Å². The third-order valence-corrected chi connectivity index (χ3v) is 4.78. The summed E-state index contributed by atoms with van der Waals surface area (Å²) >= 11 is 3.48. The predicted molar refractivity (Wildman–Crippen MR) is 97.0 cm³/mol. The van der Waals surface area contributed by atoms with Gasteiger partial charge in [-0.1, -0.05) is 0 Å². The molecular formula is C16H19BrN2O4S. The first-order valence-corrected chi connectivity index (χ1v) is 9.55. The number of primary sulfonamides is 1. The van der Waals surface area contributed by atoms with E-state index in [4.69, 9.17) is 14.6 Å². The molecule has 0 bridgehead atoms. The fourth-order valence-corrected chi connectivity index (χ4v) is 3.25. The molecule has 2 aromatic rings. The average molecular weight is 415 g/mol. The Hall–Kier alpha value is -1.77. The van der Waals surface area contributed by atoms with Gasteiger partial charge in [0.15, 0.2) is 11.5 Å². The number of hydrogen-bond acceptors (Lipinski definition) is 5. The van der Waals surface area contributed by atoms with Crippen LogP contribution in [-0.2, 0) is 16.6 Å². The zero-order chi connectivity index (χ0) is 17.7. The number of rotatable bonds is 7. The molecule has 0 aliphatic rings. The number of sulfonamides is 1. The van der Waals surface area contributed by atoms with Crippen LogP contribution < -0.4 is 19.9 Å². The lowest BCUT2D eigenvalue weighted by Crippen LogP contribution is -2.12. The zero-order valence-corrected chi connectivity index (χ0v) is 15.8. The molecule has 2 aromatic carbocycles. The van der Waals surface area contributed by atoms with E-state index in [0.29, 0.717) is 24.7 Å². The first kappa shape index (κ1) is 18.6. The van der Waals surface area contributed by atoms with Gasteiger partial charge in [0.1, 0.15) is 0 Å². The highest BCUT2D eigenvalue weighted by atomic mass is 79.9. The van der Waals surface area contributed by atoms with Crippen molar-refractivity contribution in [3.63, 3.8) is 0 Å². The molecular weight excluding hydrogens is 396 g/mol. The number of anilines is 1. The first-order valence-electron chi connectivity index (χ1n) is 7.21. The van der Waals surface area contributed by atoms with E-state index in [1.165, 1.54) is 12.1 Å². The maximum atomic E-state index is 11.2. The number of nitrogens with two attached hydrogens (primary N) is 1. The van der Waals surface area contributed by atoms with Gasteiger partial charge < -0.3 is 14.8 Å². The van der Waals surface area contributed by atoms with Gasteiger partial charge in [0.25, 0.3) is 0 Å². The second-order valence-corrected chi connectivity index (χ2v) is 7.38. The fraction of sp³-hybridized carbons (Fsp3) is 0.250. The molecule has 0 aliphatic heterocycles. The van der Waals surface area contributed by atoms with Crippen LogP contribution in [0.25, 0.3) is 0 Å². The minimum absolute atomic E-state index is 0.0820. The van der Waals surface area contributed by atoms with Gasteiger partial charge >= 0.3 is 0 Å². The van der Waals surface area contributed by atoms with Crippen LogP contribution in [-0.4, -0.2) is 22.1 Å². The summed E-state index contributed by atoms with van der Waals surface area (Å²) in [4.78, 5) is 0.0820. The van der Waals surface area contributed by atoms with E-state index in [2.05, 4.69) is 21.2 Å². The van der Waals surface area contributed by atoms with Crippen LogP contribution in [0.4, 0.5) is 5.69 Å². The van der Waals surface area contributed by atoms with Crippen LogP contribution in [0.15, 0.2) is 45.8 Å². The van der Waals surface area contributed by atoms with Gasteiger partial charge in [0, 0.05) is 12.2 Å². The summed E-state index contributed by atoms with van der Waals surface area (Å²) in [6.45, 7) is 2.99. The van der Waals surface area contributed by atoms with Crippen molar-refractivity contribution in [2.75, 3.05) is 19.0 Å². The molecule has 0 aromatic heterocycles. The van der Waals surface area contributed by atoms with Crippen LogP contribution in [0.5, 0.6) is 11.5 Å². The van der Waals surface area contributed by atoms with Crippen LogP contribution in [0.1, 0.15) is 12.5 Å². The largest absolute Gasteiger partial charge is 0.493 e. The number of hydrogen-bond donors (Lipinski definition) is 2. The molecule has 0 radical (unpaired) electrons. The highest BCUT2D eigenvalue weighted by Crippen LogP contribution is 2.36. The average Bonchev–Trinajstić information content (AvgIpc) is 2.54. The number of methoxy groups -OCH3 is 1. The molecule has 2 rings (SSSR count). The van der Waals surface area contributed by atoms with Crippen molar-refractivity contribution in [3.05, 3.63) is 46.4 Å². The molecule has 130 valence electrons. The van der Waals surface area contributed by atoms with E-state index < -0.39 is 10.0 Å². The molecule has 0 amide bonds. The molecule has 0 atom stereocenters. The zero-order valence-electron chi connectivity index (χ0n) is 13.4. The summed E-state index contributed by atoms with van der Waals surface area (Å²) in [5.41, 5.74) is 1.77. The van der Waals surface area contributed by atoms with E-state index in [-0.39, 0.29) is 4.90 Å². The van der Waals surface area contributed by atoms with Gasteiger partial charge in [-0.05, 0) is 64.8 Å². The molecule has 0 unspecified atom stereocenters. The standard InChI is InChI=1S/C16H19BrN2O4S/c1-3-23-16-14(17)8-11(9-15(16)22-2)10-19-12-4-6-13(7-5-12)24(18,20)21/h4-9,19H,3,10H2,1-2H3,(H2,18,20,21). The minimum atomic E-state index is -3.68. The molecule has 0 spiro atoms. The van der Waals surface area contributed by atoms with Gasteiger partial charge in [-0.2, -0.15) is 0 Å². The summed E-state index contributed by atoms with van der Waals surface area (Å²) in [6, 6.07) is 10.1. The second-order valence-electron chi connectivity index (χ2n) is 4.96. The van der Waals surface area contributed by atoms with Crippen molar-refractivity contribution in [1.29, 1.82) is 0 Å². The Kier molecular flexibility index (Phi) is 6.09. The minimum Gasteiger partial charge on any atom is -0.493 e. The Bertz CT molecular complexity index is 808. The van der Waals surface area contributed by atoms with Crippen molar-refractivity contribution in [2.24, 2.45) is 5.14 Å². The molecule has 0 aliphatic carbocycles. The van der Waals surface area contributed by atoms with Crippen LogP contribution in [0.3, 0.4) is 0 Å². The van der Waals surface area contributed by atoms with Gasteiger partial charge in [-0.15, -0.1) is 0 Å². The number of halogens is 1. The number of benzene rings is 2. The molecule has 0 heterocycles. The van der Waals surface area contributed by atoms with Gasteiger partial charge in [-0.3, -0.25) is 0 Å². The number of nitrogens with one attached hydrogen (secondary N) is 1. The first-order chi connectivity index (χ1) is 11.3. The molecule has 0 saturated heterocycles. The quantitative estimate of drug-likeness (QED) is 0.725. The Morgan fingerprint density at radius 1 is 1.21 bits per heavy atom. The van der Waals surface area contributed by atoms with E-state index in [1.54, 1.807) is 19.2 Å². The van der Waals surface area contributed by atoms with Crippen LogP contribution in [0.2, 0.25) is 0 Å². The SMILES string of the molecule is CCOc1c(Br)cc(CNc2ccc(S(N)(=O)=O)cc2)cc1OC. The van der Waals surface area contributed by atoms with Gasteiger partial charge in [-0.25, -0.2) is 13.6 Å². The molecule has 0 fully saturated rings. The summed E-state index contributed by atoms with van der Waals surface area (Å²) < 4.78 is 34.2. The third-order valence-electron chi connectivity index (χ3n) is 3.26. The normalized spacial score (nSPS) is 11.2. The molecule has 6 nitrogen and oxygen atoms in total. The predicted octanol–water partition coefficient (Wildman–Crippen LogP) is 3.12.